The molecule has 8 nitrogen and oxygen atoms in total. The largest absolute Gasteiger partial charge is 0.480 e. The zero-order chi connectivity index (χ0) is 19.6. The highest BCUT2D eigenvalue weighted by Gasteiger charge is 2.23. The first-order valence-corrected chi connectivity index (χ1v) is 8.53. The number of methoxy groups -OCH3 is 1. The van der Waals surface area contributed by atoms with Crippen LogP contribution in [-0.4, -0.2) is 36.4 Å². The first-order chi connectivity index (χ1) is 12.9. The Morgan fingerprint density at radius 2 is 2.07 bits per heavy atom. The standard InChI is InChI=1S/C18H17ClN4O4/c1-27-18-13(16(20)25)7-10(9-21-18)22-17(26)12-8-11(4-5-14(12)19)23-6-2-3-15(23)24/h4-5,7-9H,2-3,6H2,1H3,(H2,20,25)(H,22,26). The molecule has 0 radical (unpaired) electrons. The van der Waals surface area contributed by atoms with E-state index in [0.29, 0.717) is 18.7 Å². The van der Waals surface area contributed by atoms with Crippen LogP contribution in [0.1, 0.15) is 33.6 Å². The molecule has 0 atom stereocenters. The van der Waals surface area contributed by atoms with Gasteiger partial charge in [-0.3, -0.25) is 14.4 Å². The van der Waals surface area contributed by atoms with E-state index in [1.165, 1.54) is 19.4 Å². The summed E-state index contributed by atoms with van der Waals surface area (Å²) in [5, 5.41) is 2.86. The summed E-state index contributed by atoms with van der Waals surface area (Å²) in [7, 11) is 1.36. The lowest BCUT2D eigenvalue weighted by atomic mass is 10.1. The predicted octanol–water partition coefficient (Wildman–Crippen LogP) is 2.22. The van der Waals surface area contributed by atoms with Crippen LogP contribution in [0.4, 0.5) is 11.4 Å². The Bertz CT molecular complexity index is 932. The lowest BCUT2D eigenvalue weighted by molar-refractivity contribution is -0.117. The SMILES string of the molecule is COc1ncc(NC(=O)c2cc(N3CCCC3=O)ccc2Cl)cc1C(N)=O. The minimum Gasteiger partial charge on any atom is -0.480 e. The van der Waals surface area contributed by atoms with Crippen molar-refractivity contribution in [3.63, 3.8) is 0 Å². The molecular weight excluding hydrogens is 372 g/mol. The Morgan fingerprint density at radius 1 is 1.30 bits per heavy atom. The fourth-order valence-corrected chi connectivity index (χ4v) is 3.04. The van der Waals surface area contributed by atoms with Crippen molar-refractivity contribution < 1.29 is 19.1 Å². The number of carbonyl (C=O) groups excluding carboxylic acids is 3. The summed E-state index contributed by atoms with van der Waals surface area (Å²) in [6, 6.07) is 6.20. The molecule has 0 bridgehead atoms. The molecule has 1 fully saturated rings. The van der Waals surface area contributed by atoms with Crippen LogP contribution in [0.5, 0.6) is 5.88 Å². The zero-order valence-corrected chi connectivity index (χ0v) is 15.2. The predicted molar refractivity (Wildman–Crippen MR) is 100 cm³/mol. The first kappa shape index (κ1) is 18.7. The molecule has 0 aliphatic carbocycles. The van der Waals surface area contributed by atoms with Gasteiger partial charge in [-0.15, -0.1) is 0 Å². The number of nitrogens with zero attached hydrogens (tertiary/aromatic N) is 2. The number of rotatable bonds is 5. The molecule has 2 heterocycles. The van der Waals surface area contributed by atoms with E-state index in [9.17, 15) is 14.4 Å². The van der Waals surface area contributed by atoms with E-state index in [0.717, 1.165) is 6.42 Å². The number of aromatic nitrogens is 1. The van der Waals surface area contributed by atoms with Gasteiger partial charge in [-0.1, -0.05) is 11.6 Å². The van der Waals surface area contributed by atoms with E-state index in [4.69, 9.17) is 22.1 Å². The molecule has 9 heteroatoms. The third kappa shape index (κ3) is 3.85. The number of halogens is 1. The van der Waals surface area contributed by atoms with Crippen LogP contribution >= 0.6 is 11.6 Å². The molecule has 0 spiro atoms. The van der Waals surface area contributed by atoms with Gasteiger partial charge < -0.3 is 20.7 Å². The molecule has 1 aromatic carbocycles. The molecule has 1 aliphatic heterocycles. The Balaban J connectivity index is 1.87. The number of benzene rings is 1. The molecule has 0 saturated carbocycles. The van der Waals surface area contributed by atoms with E-state index in [1.54, 1.807) is 23.1 Å². The van der Waals surface area contributed by atoms with Crippen LogP contribution in [0.15, 0.2) is 30.5 Å². The molecule has 1 aliphatic rings. The van der Waals surface area contributed by atoms with E-state index in [1.807, 2.05) is 0 Å². The van der Waals surface area contributed by atoms with Crippen LogP contribution in [0, 0.1) is 0 Å². The Hall–Kier alpha value is -3.13. The zero-order valence-electron chi connectivity index (χ0n) is 14.5. The molecule has 0 unspecified atom stereocenters. The number of nitrogens with one attached hydrogen (secondary N) is 1. The number of carbonyl (C=O) groups is 3. The number of amides is 3. The van der Waals surface area contributed by atoms with E-state index in [2.05, 4.69) is 10.3 Å². The second-order valence-corrected chi connectivity index (χ2v) is 6.32. The van der Waals surface area contributed by atoms with Gasteiger partial charge in [0.15, 0.2) is 0 Å². The van der Waals surface area contributed by atoms with Gasteiger partial charge in [-0.25, -0.2) is 4.98 Å². The average molecular weight is 389 g/mol. The fraction of sp³-hybridized carbons (Fsp3) is 0.222. The molecule has 27 heavy (non-hydrogen) atoms. The lowest BCUT2D eigenvalue weighted by Crippen LogP contribution is -2.24. The molecule has 3 N–H and O–H groups in total. The molecule has 3 amide bonds. The molecule has 2 aromatic rings. The minimum absolute atomic E-state index is 0.00846. The number of pyridine rings is 1. The maximum Gasteiger partial charge on any atom is 0.257 e. The van der Waals surface area contributed by atoms with Crippen LogP contribution < -0.4 is 20.7 Å². The van der Waals surface area contributed by atoms with Gasteiger partial charge in [0.25, 0.3) is 11.8 Å². The van der Waals surface area contributed by atoms with Crippen molar-refractivity contribution in [1.29, 1.82) is 0 Å². The molecule has 1 saturated heterocycles. The van der Waals surface area contributed by atoms with E-state index in [-0.39, 0.29) is 33.6 Å². The van der Waals surface area contributed by atoms with Crippen LogP contribution in [0.3, 0.4) is 0 Å². The lowest BCUT2D eigenvalue weighted by Gasteiger charge is -2.17. The average Bonchev–Trinajstić information content (AvgIpc) is 3.08. The van der Waals surface area contributed by atoms with Gasteiger partial charge in [0.1, 0.15) is 5.56 Å². The van der Waals surface area contributed by atoms with Crippen molar-refractivity contribution in [1.82, 2.24) is 4.98 Å². The third-order valence-corrected chi connectivity index (χ3v) is 4.48. The van der Waals surface area contributed by atoms with Gasteiger partial charge >= 0.3 is 0 Å². The van der Waals surface area contributed by atoms with Crippen LogP contribution in [0.2, 0.25) is 5.02 Å². The molecule has 1 aromatic heterocycles. The maximum absolute atomic E-state index is 12.6. The highest BCUT2D eigenvalue weighted by atomic mass is 35.5. The van der Waals surface area contributed by atoms with Crippen molar-refractivity contribution in [2.75, 3.05) is 23.9 Å². The maximum atomic E-state index is 12.6. The number of nitrogens with two attached hydrogens (primary N) is 1. The van der Waals surface area contributed by atoms with Gasteiger partial charge in [-0.2, -0.15) is 0 Å². The van der Waals surface area contributed by atoms with Crippen molar-refractivity contribution in [2.24, 2.45) is 5.73 Å². The van der Waals surface area contributed by atoms with E-state index < -0.39 is 11.8 Å². The van der Waals surface area contributed by atoms with Gasteiger partial charge in [-0.05, 0) is 30.7 Å². The monoisotopic (exact) mass is 388 g/mol. The summed E-state index contributed by atoms with van der Waals surface area (Å²) in [6.45, 7) is 0.603. The summed E-state index contributed by atoms with van der Waals surface area (Å²) in [5.41, 5.74) is 6.40. The number of hydrogen-bond acceptors (Lipinski definition) is 5. The second-order valence-electron chi connectivity index (χ2n) is 5.91. The highest BCUT2D eigenvalue weighted by Crippen LogP contribution is 2.27. The molecular formula is C18H17ClN4O4. The third-order valence-electron chi connectivity index (χ3n) is 4.15. The summed E-state index contributed by atoms with van der Waals surface area (Å²) >= 11 is 6.16. The van der Waals surface area contributed by atoms with Gasteiger partial charge in [0.05, 0.1) is 29.6 Å². The first-order valence-electron chi connectivity index (χ1n) is 8.16. The number of primary amides is 1. The van der Waals surface area contributed by atoms with Crippen LogP contribution in [0.25, 0.3) is 0 Å². The molecule has 140 valence electrons. The minimum atomic E-state index is -0.733. The van der Waals surface area contributed by atoms with Gasteiger partial charge in [0, 0.05) is 18.7 Å². The Kier molecular flexibility index (Phi) is 5.27. The number of anilines is 2. The molecule has 3 rings (SSSR count). The fourth-order valence-electron chi connectivity index (χ4n) is 2.83. The van der Waals surface area contributed by atoms with Gasteiger partial charge in [0.2, 0.25) is 11.8 Å². The summed E-state index contributed by atoms with van der Waals surface area (Å²) in [6.07, 6.45) is 2.60. The summed E-state index contributed by atoms with van der Waals surface area (Å²) in [4.78, 5) is 41.6. The highest BCUT2D eigenvalue weighted by molar-refractivity contribution is 6.34. The van der Waals surface area contributed by atoms with Crippen molar-refractivity contribution in [3.05, 3.63) is 46.6 Å². The number of ether oxygens (including phenoxy) is 1. The van der Waals surface area contributed by atoms with Crippen molar-refractivity contribution in [2.45, 2.75) is 12.8 Å². The van der Waals surface area contributed by atoms with E-state index >= 15 is 0 Å². The Morgan fingerprint density at radius 3 is 2.70 bits per heavy atom. The van der Waals surface area contributed by atoms with Crippen molar-refractivity contribution in [3.8, 4) is 5.88 Å². The summed E-state index contributed by atoms with van der Waals surface area (Å²) in [5.74, 6) is -1.17. The smallest absolute Gasteiger partial charge is 0.257 e. The normalized spacial score (nSPS) is 13.6. The topological polar surface area (TPSA) is 115 Å². The van der Waals surface area contributed by atoms with Crippen molar-refractivity contribution >= 4 is 40.7 Å². The summed E-state index contributed by atoms with van der Waals surface area (Å²) < 4.78 is 4.97. The quantitative estimate of drug-likeness (QED) is 0.815. The Labute approximate surface area is 160 Å². The number of hydrogen-bond donors (Lipinski definition) is 2. The second kappa shape index (κ2) is 7.63. The van der Waals surface area contributed by atoms with Crippen LogP contribution in [-0.2, 0) is 4.79 Å².